The minimum absolute atomic E-state index is 0.0207. The van der Waals surface area contributed by atoms with E-state index < -0.39 is 0 Å². The van der Waals surface area contributed by atoms with Crippen molar-refractivity contribution in [2.24, 2.45) is 5.92 Å². The first-order valence-electron chi connectivity index (χ1n) is 7.48. The topological polar surface area (TPSA) is 26.3 Å². The number of carbonyl (C=O) groups is 1. The van der Waals surface area contributed by atoms with Crippen LogP contribution >= 0.6 is 0 Å². The minimum Gasteiger partial charge on any atom is -0.465 e. The van der Waals surface area contributed by atoms with E-state index in [9.17, 15) is 4.79 Å². The van der Waals surface area contributed by atoms with Gasteiger partial charge in [0.15, 0.2) is 0 Å². The lowest BCUT2D eigenvalue weighted by Crippen LogP contribution is -2.11. The van der Waals surface area contributed by atoms with Crippen LogP contribution < -0.4 is 0 Å². The molecule has 1 rings (SSSR count). The fourth-order valence-electron chi connectivity index (χ4n) is 2.51. The minimum atomic E-state index is 0.0207. The molecular weight excluding hydrogens is 212 g/mol. The quantitative estimate of drug-likeness (QED) is 0.439. The number of hydrogen-bond donors (Lipinski definition) is 0. The Bertz CT molecular complexity index is 195. The van der Waals surface area contributed by atoms with E-state index >= 15 is 0 Å². The lowest BCUT2D eigenvalue weighted by molar-refractivity contribution is -0.145. The lowest BCUT2D eigenvalue weighted by Gasteiger charge is -2.09. The molecule has 0 bridgehead atoms. The highest BCUT2D eigenvalue weighted by molar-refractivity contribution is 5.69. The number of hydrogen-bond acceptors (Lipinski definition) is 2. The van der Waals surface area contributed by atoms with Gasteiger partial charge in [-0.3, -0.25) is 4.79 Å². The molecule has 0 heterocycles. The van der Waals surface area contributed by atoms with Gasteiger partial charge in [-0.15, -0.1) is 0 Å². The molecule has 0 spiro atoms. The first-order valence-corrected chi connectivity index (χ1v) is 7.48. The third kappa shape index (κ3) is 7.40. The predicted molar refractivity (Wildman–Crippen MR) is 70.9 cm³/mol. The summed E-state index contributed by atoms with van der Waals surface area (Å²) < 4.78 is 5.31. The molecule has 1 aliphatic rings. The molecule has 0 aromatic heterocycles. The van der Waals surface area contributed by atoms with Crippen LogP contribution in [0.1, 0.15) is 77.6 Å². The van der Waals surface area contributed by atoms with Gasteiger partial charge in [0.1, 0.15) is 0 Å². The standard InChI is InChI=1S/C15H28O2/c1-2-3-4-5-6-7-12-15(16)17-13-14-10-8-9-11-14/h14H,2-13H2,1H3. The van der Waals surface area contributed by atoms with Gasteiger partial charge in [-0.1, -0.05) is 51.9 Å². The van der Waals surface area contributed by atoms with Crippen molar-refractivity contribution in [1.29, 1.82) is 0 Å². The first kappa shape index (κ1) is 14.5. The zero-order chi connectivity index (χ0) is 12.3. The molecule has 0 amide bonds. The van der Waals surface area contributed by atoms with E-state index in [2.05, 4.69) is 6.92 Å². The zero-order valence-corrected chi connectivity index (χ0v) is 11.4. The first-order chi connectivity index (χ1) is 8.33. The number of rotatable bonds is 9. The zero-order valence-electron chi connectivity index (χ0n) is 11.4. The van der Waals surface area contributed by atoms with Crippen molar-refractivity contribution in [3.8, 4) is 0 Å². The smallest absolute Gasteiger partial charge is 0.305 e. The average Bonchev–Trinajstić information content (AvgIpc) is 2.84. The van der Waals surface area contributed by atoms with Crippen LogP contribution in [0.15, 0.2) is 0 Å². The van der Waals surface area contributed by atoms with E-state index in [1.807, 2.05) is 0 Å². The Morgan fingerprint density at radius 1 is 1.06 bits per heavy atom. The molecule has 100 valence electrons. The maximum absolute atomic E-state index is 11.5. The Labute approximate surface area is 106 Å². The van der Waals surface area contributed by atoms with Crippen molar-refractivity contribution < 1.29 is 9.53 Å². The monoisotopic (exact) mass is 240 g/mol. The van der Waals surface area contributed by atoms with Gasteiger partial charge in [-0.05, 0) is 25.2 Å². The van der Waals surface area contributed by atoms with Gasteiger partial charge in [-0.25, -0.2) is 0 Å². The Kier molecular flexibility index (Phi) is 8.12. The second-order valence-electron chi connectivity index (χ2n) is 5.35. The Morgan fingerprint density at radius 2 is 1.71 bits per heavy atom. The summed E-state index contributed by atoms with van der Waals surface area (Å²) in [7, 11) is 0. The van der Waals surface area contributed by atoms with Gasteiger partial charge >= 0.3 is 5.97 Å². The maximum Gasteiger partial charge on any atom is 0.305 e. The number of carbonyl (C=O) groups excluding carboxylic acids is 1. The summed E-state index contributed by atoms with van der Waals surface area (Å²) in [5, 5.41) is 0. The summed E-state index contributed by atoms with van der Waals surface area (Å²) >= 11 is 0. The second-order valence-corrected chi connectivity index (χ2v) is 5.35. The molecule has 0 aliphatic heterocycles. The van der Waals surface area contributed by atoms with Crippen LogP contribution in [0.5, 0.6) is 0 Å². The van der Waals surface area contributed by atoms with Gasteiger partial charge in [0, 0.05) is 6.42 Å². The summed E-state index contributed by atoms with van der Waals surface area (Å²) in [4.78, 5) is 11.5. The summed E-state index contributed by atoms with van der Waals surface area (Å²) in [6.07, 6.45) is 13.1. The van der Waals surface area contributed by atoms with Crippen molar-refractivity contribution in [3.05, 3.63) is 0 Å². The Balaban J connectivity index is 1.87. The lowest BCUT2D eigenvalue weighted by atomic mass is 10.1. The third-order valence-corrected chi connectivity index (χ3v) is 3.69. The van der Waals surface area contributed by atoms with E-state index in [0.29, 0.717) is 18.9 Å². The van der Waals surface area contributed by atoms with E-state index in [4.69, 9.17) is 4.74 Å². The van der Waals surface area contributed by atoms with Crippen LogP contribution in [0, 0.1) is 5.92 Å². The fourth-order valence-corrected chi connectivity index (χ4v) is 2.51. The molecule has 1 saturated carbocycles. The predicted octanol–water partition coefficient (Wildman–Crippen LogP) is 4.47. The third-order valence-electron chi connectivity index (χ3n) is 3.69. The van der Waals surface area contributed by atoms with Gasteiger partial charge in [0.2, 0.25) is 0 Å². The van der Waals surface area contributed by atoms with E-state index in [-0.39, 0.29) is 5.97 Å². The van der Waals surface area contributed by atoms with Crippen molar-refractivity contribution >= 4 is 5.97 Å². The van der Waals surface area contributed by atoms with Crippen LogP contribution in [-0.2, 0) is 9.53 Å². The summed E-state index contributed by atoms with van der Waals surface area (Å²) in [5.74, 6) is 0.677. The molecule has 0 radical (unpaired) electrons. The van der Waals surface area contributed by atoms with Crippen molar-refractivity contribution in [3.63, 3.8) is 0 Å². The molecule has 1 fully saturated rings. The fraction of sp³-hybridized carbons (Fsp3) is 0.933. The van der Waals surface area contributed by atoms with Gasteiger partial charge in [-0.2, -0.15) is 0 Å². The van der Waals surface area contributed by atoms with E-state index in [1.54, 1.807) is 0 Å². The summed E-state index contributed by atoms with van der Waals surface area (Å²) in [6, 6.07) is 0. The van der Waals surface area contributed by atoms with E-state index in [0.717, 1.165) is 6.42 Å². The normalized spacial score (nSPS) is 16.3. The van der Waals surface area contributed by atoms with Crippen LogP contribution in [0.2, 0.25) is 0 Å². The molecule has 0 aromatic carbocycles. The second kappa shape index (κ2) is 9.49. The molecule has 0 unspecified atom stereocenters. The largest absolute Gasteiger partial charge is 0.465 e. The Hall–Kier alpha value is -0.530. The summed E-state index contributed by atoms with van der Waals surface area (Å²) in [5.41, 5.74) is 0. The highest BCUT2D eigenvalue weighted by Gasteiger charge is 2.16. The van der Waals surface area contributed by atoms with Gasteiger partial charge in [0.05, 0.1) is 6.61 Å². The van der Waals surface area contributed by atoms with Gasteiger partial charge < -0.3 is 4.74 Å². The Morgan fingerprint density at radius 3 is 2.41 bits per heavy atom. The molecule has 0 N–H and O–H groups in total. The van der Waals surface area contributed by atoms with Crippen molar-refractivity contribution in [2.75, 3.05) is 6.61 Å². The molecule has 1 aliphatic carbocycles. The summed E-state index contributed by atoms with van der Waals surface area (Å²) in [6.45, 7) is 2.90. The molecular formula is C15H28O2. The molecule has 0 atom stereocenters. The van der Waals surface area contributed by atoms with Crippen LogP contribution in [0.3, 0.4) is 0 Å². The van der Waals surface area contributed by atoms with Crippen molar-refractivity contribution in [1.82, 2.24) is 0 Å². The number of ether oxygens (including phenoxy) is 1. The van der Waals surface area contributed by atoms with Crippen LogP contribution in [-0.4, -0.2) is 12.6 Å². The molecule has 0 saturated heterocycles. The maximum atomic E-state index is 11.5. The highest BCUT2D eigenvalue weighted by atomic mass is 16.5. The molecule has 0 aromatic rings. The molecule has 17 heavy (non-hydrogen) atoms. The SMILES string of the molecule is CCCCCCCCC(=O)OCC1CCCC1. The van der Waals surface area contributed by atoms with E-state index in [1.165, 1.54) is 57.8 Å². The molecule has 2 heteroatoms. The van der Waals surface area contributed by atoms with Gasteiger partial charge in [0.25, 0.3) is 0 Å². The number of unbranched alkanes of at least 4 members (excludes halogenated alkanes) is 5. The van der Waals surface area contributed by atoms with Crippen LogP contribution in [0.25, 0.3) is 0 Å². The van der Waals surface area contributed by atoms with Crippen molar-refractivity contribution in [2.45, 2.75) is 77.6 Å². The average molecular weight is 240 g/mol. The van der Waals surface area contributed by atoms with Crippen LogP contribution in [0.4, 0.5) is 0 Å². The highest BCUT2D eigenvalue weighted by Crippen LogP contribution is 2.24. The number of esters is 1. The molecule has 2 nitrogen and oxygen atoms in total.